The summed E-state index contributed by atoms with van der Waals surface area (Å²) in [5.74, 6) is 0. The van der Waals surface area contributed by atoms with Crippen molar-refractivity contribution in [2.24, 2.45) is 7.05 Å². The molecule has 0 fully saturated rings. The van der Waals surface area contributed by atoms with Gasteiger partial charge in [-0.3, -0.25) is 0 Å². The van der Waals surface area contributed by atoms with Crippen molar-refractivity contribution in [3.05, 3.63) is 71.2 Å². The summed E-state index contributed by atoms with van der Waals surface area (Å²) in [6, 6.07) is 15.3. The fourth-order valence-electron chi connectivity index (χ4n) is 4.39. The van der Waals surface area contributed by atoms with Gasteiger partial charge in [-0.1, -0.05) is 42.5 Å². The van der Waals surface area contributed by atoms with E-state index in [0.29, 0.717) is 0 Å². The summed E-state index contributed by atoms with van der Waals surface area (Å²) in [4.78, 5) is 3.76. The van der Waals surface area contributed by atoms with Crippen LogP contribution in [0, 0.1) is 20.4 Å². The smallest absolute Gasteiger partial charge is 0.212 e. The van der Waals surface area contributed by atoms with Gasteiger partial charge >= 0.3 is 0 Å². The van der Waals surface area contributed by atoms with E-state index in [2.05, 4.69) is 85.1 Å². The molecule has 1 aromatic heterocycles. The van der Waals surface area contributed by atoms with Crippen molar-refractivity contribution in [2.45, 2.75) is 26.9 Å². The summed E-state index contributed by atoms with van der Waals surface area (Å²) in [6.45, 7) is 16.6. The first-order valence-corrected chi connectivity index (χ1v) is 12.0. The van der Waals surface area contributed by atoms with Crippen LogP contribution in [0.25, 0.3) is 27.2 Å². The van der Waals surface area contributed by atoms with E-state index in [4.69, 9.17) is 6.57 Å². The number of aromatic nitrogens is 1. The number of nitrogens with zero attached hydrogens (tertiary/aromatic N) is 2. The van der Waals surface area contributed by atoms with E-state index in [1.807, 2.05) is 6.92 Å². The second-order valence-corrected chi connectivity index (χ2v) is 12.1. The van der Waals surface area contributed by atoms with Crippen LogP contribution in [0.4, 0.5) is 5.69 Å². The molecule has 4 rings (SSSR count). The van der Waals surface area contributed by atoms with Crippen LogP contribution in [0.5, 0.6) is 0 Å². The summed E-state index contributed by atoms with van der Waals surface area (Å²) >= 11 is 0. The average molecular weight is 356 g/mol. The predicted octanol–water partition coefficient (Wildman–Crippen LogP) is 4.15. The molecule has 0 saturated carbocycles. The number of benzene rings is 2. The van der Waals surface area contributed by atoms with Gasteiger partial charge in [0.05, 0.1) is 6.57 Å². The minimum absolute atomic E-state index is 0.792. The van der Waals surface area contributed by atoms with Gasteiger partial charge in [0.2, 0.25) is 5.69 Å². The molecule has 2 nitrogen and oxygen atoms in total. The standard InChI is InChI=1S/C23H23N2Si/c1-15-10-11-17-18-13-16(2)19(24-3)14-21(18)26(5,6)23(17)22(15)20-9-7-8-12-25(20)4/h7-14H,1-2,4-6H3/q+1. The normalized spacial score (nSPS) is 13.8. The molecule has 3 aromatic rings. The first-order valence-electron chi connectivity index (χ1n) is 8.98. The highest BCUT2D eigenvalue weighted by Crippen LogP contribution is 2.36. The molecular formula is C23H23N2Si+. The Morgan fingerprint density at radius 2 is 1.73 bits per heavy atom. The van der Waals surface area contributed by atoms with Gasteiger partial charge < -0.3 is 0 Å². The number of hydrogen-bond acceptors (Lipinski definition) is 0. The van der Waals surface area contributed by atoms with Gasteiger partial charge in [-0.2, -0.15) is 0 Å². The average Bonchev–Trinajstić information content (AvgIpc) is 2.82. The van der Waals surface area contributed by atoms with E-state index in [9.17, 15) is 0 Å². The molecular weight excluding hydrogens is 332 g/mol. The number of rotatable bonds is 1. The Hall–Kier alpha value is -2.70. The molecule has 0 unspecified atom stereocenters. The Kier molecular flexibility index (Phi) is 3.64. The zero-order chi connectivity index (χ0) is 18.6. The lowest BCUT2D eigenvalue weighted by Crippen LogP contribution is -2.51. The van der Waals surface area contributed by atoms with Crippen LogP contribution in [-0.4, -0.2) is 8.07 Å². The molecule has 0 saturated heterocycles. The molecule has 0 spiro atoms. The fourth-order valence-corrected chi connectivity index (χ4v) is 7.87. The molecule has 0 N–H and O–H groups in total. The first-order chi connectivity index (χ1) is 12.4. The van der Waals surface area contributed by atoms with Gasteiger partial charge in [0.1, 0.15) is 15.1 Å². The topological polar surface area (TPSA) is 8.24 Å². The highest BCUT2D eigenvalue weighted by atomic mass is 28.3. The quantitative estimate of drug-likeness (QED) is 0.352. The summed E-state index contributed by atoms with van der Waals surface area (Å²) < 4.78 is 2.21. The number of hydrogen-bond donors (Lipinski definition) is 0. The second kappa shape index (κ2) is 5.65. The van der Waals surface area contributed by atoms with Crippen LogP contribution in [-0.2, 0) is 7.05 Å². The molecule has 128 valence electrons. The third-order valence-electron chi connectivity index (χ3n) is 5.77. The molecule has 0 aliphatic carbocycles. The van der Waals surface area contributed by atoms with Crippen LogP contribution in [0.1, 0.15) is 11.1 Å². The molecule has 1 aliphatic heterocycles. The zero-order valence-corrected chi connectivity index (χ0v) is 17.0. The molecule has 26 heavy (non-hydrogen) atoms. The van der Waals surface area contributed by atoms with Crippen LogP contribution >= 0.6 is 0 Å². The van der Waals surface area contributed by atoms with Crippen molar-refractivity contribution in [2.75, 3.05) is 0 Å². The molecule has 2 aromatic carbocycles. The van der Waals surface area contributed by atoms with Crippen molar-refractivity contribution in [3.8, 4) is 22.4 Å². The van der Waals surface area contributed by atoms with Crippen molar-refractivity contribution in [1.29, 1.82) is 0 Å². The largest absolute Gasteiger partial charge is 0.238 e. The van der Waals surface area contributed by atoms with Crippen molar-refractivity contribution in [1.82, 2.24) is 0 Å². The van der Waals surface area contributed by atoms with Crippen LogP contribution in [0.15, 0.2) is 48.7 Å². The Morgan fingerprint density at radius 3 is 2.42 bits per heavy atom. The van der Waals surface area contributed by atoms with Crippen LogP contribution in [0.3, 0.4) is 0 Å². The van der Waals surface area contributed by atoms with E-state index in [0.717, 1.165) is 11.3 Å². The monoisotopic (exact) mass is 355 g/mol. The summed E-state index contributed by atoms with van der Waals surface area (Å²) in [6.07, 6.45) is 2.12. The van der Waals surface area contributed by atoms with E-state index in [-0.39, 0.29) is 0 Å². The lowest BCUT2D eigenvalue weighted by atomic mass is 9.96. The highest BCUT2D eigenvalue weighted by Gasteiger charge is 2.41. The van der Waals surface area contributed by atoms with E-state index >= 15 is 0 Å². The third kappa shape index (κ3) is 2.19. The number of aryl methyl sites for hydroxylation is 3. The van der Waals surface area contributed by atoms with Gasteiger partial charge in [-0.25, -0.2) is 9.41 Å². The Bertz CT molecular complexity index is 1100. The fraction of sp³-hybridized carbons (Fsp3) is 0.217. The SMILES string of the molecule is [C-]#[N+]c1cc2c(cc1C)-c1ccc(C)c(-c3cccc[n+]3C)c1[Si]2(C)C. The summed E-state index contributed by atoms with van der Waals surface area (Å²) in [5.41, 5.74) is 8.52. The Labute approximate surface area is 156 Å². The van der Waals surface area contributed by atoms with Gasteiger partial charge in [0, 0.05) is 17.7 Å². The van der Waals surface area contributed by atoms with E-state index in [1.54, 1.807) is 0 Å². The van der Waals surface area contributed by atoms with Crippen LogP contribution in [0.2, 0.25) is 13.1 Å². The molecule has 0 amide bonds. The van der Waals surface area contributed by atoms with Gasteiger partial charge in [0.25, 0.3) is 0 Å². The molecule has 2 heterocycles. The van der Waals surface area contributed by atoms with E-state index < -0.39 is 8.07 Å². The van der Waals surface area contributed by atoms with Crippen molar-refractivity contribution < 1.29 is 4.57 Å². The maximum atomic E-state index is 7.51. The van der Waals surface area contributed by atoms with Gasteiger partial charge in [-0.05, 0) is 47.4 Å². The van der Waals surface area contributed by atoms with Crippen molar-refractivity contribution in [3.63, 3.8) is 0 Å². The summed E-state index contributed by atoms with van der Waals surface area (Å²) in [7, 11) is 0.227. The predicted molar refractivity (Wildman–Crippen MR) is 111 cm³/mol. The molecule has 1 aliphatic rings. The molecule has 0 radical (unpaired) electrons. The van der Waals surface area contributed by atoms with Crippen LogP contribution < -0.4 is 14.9 Å². The maximum Gasteiger partial charge on any atom is 0.212 e. The molecule has 3 heteroatoms. The highest BCUT2D eigenvalue weighted by molar-refractivity contribution is 7.04. The van der Waals surface area contributed by atoms with E-state index in [1.165, 1.54) is 38.3 Å². The minimum atomic E-state index is -1.89. The Balaban J connectivity index is 2.11. The van der Waals surface area contributed by atoms with Crippen molar-refractivity contribution >= 4 is 24.1 Å². The maximum absolute atomic E-state index is 7.51. The third-order valence-corrected chi connectivity index (χ3v) is 9.30. The molecule has 0 bridgehead atoms. The van der Waals surface area contributed by atoms with Gasteiger partial charge in [0.15, 0.2) is 11.9 Å². The summed E-state index contributed by atoms with van der Waals surface area (Å²) in [5, 5.41) is 2.91. The number of fused-ring (bicyclic) bond motifs is 3. The molecule has 0 atom stereocenters. The first kappa shape index (κ1) is 16.7. The lowest BCUT2D eigenvalue weighted by Gasteiger charge is -2.22. The Morgan fingerprint density at radius 1 is 0.962 bits per heavy atom. The number of pyridine rings is 1. The minimum Gasteiger partial charge on any atom is -0.238 e. The second-order valence-electron chi connectivity index (χ2n) is 7.80. The van der Waals surface area contributed by atoms with Gasteiger partial charge in [-0.15, -0.1) is 0 Å². The lowest BCUT2D eigenvalue weighted by molar-refractivity contribution is -0.660. The zero-order valence-electron chi connectivity index (χ0n) is 16.0.